The number of halogens is 1. The maximum Gasteiger partial charge on any atom is 0.230 e. The smallest absolute Gasteiger partial charge is 0.230 e. The molecule has 0 atom stereocenters. The Morgan fingerprint density at radius 3 is 3.00 bits per heavy atom. The van der Waals surface area contributed by atoms with Crippen LogP contribution in [0.1, 0.15) is 12.5 Å². The van der Waals surface area contributed by atoms with E-state index in [1.165, 1.54) is 17.8 Å². The maximum absolute atomic E-state index is 13.4. The molecule has 20 heavy (non-hydrogen) atoms. The number of nitrogens with one attached hydrogen (secondary N) is 1. The van der Waals surface area contributed by atoms with Crippen LogP contribution in [0.4, 0.5) is 4.39 Å². The van der Waals surface area contributed by atoms with Crippen LogP contribution in [-0.2, 0) is 17.9 Å². The molecule has 0 unspecified atom stereocenters. The highest BCUT2D eigenvalue weighted by molar-refractivity contribution is 7.99. The summed E-state index contributed by atoms with van der Waals surface area (Å²) in [4.78, 5) is 11.7. The highest BCUT2D eigenvalue weighted by Gasteiger charge is 2.08. The minimum absolute atomic E-state index is 0.163. The molecule has 2 aromatic rings. The quantitative estimate of drug-likeness (QED) is 0.826. The Labute approximate surface area is 120 Å². The number of thioether (sulfide) groups is 1. The second kappa shape index (κ2) is 7.04. The van der Waals surface area contributed by atoms with E-state index in [1.807, 2.05) is 11.5 Å². The van der Waals surface area contributed by atoms with E-state index in [9.17, 15) is 9.18 Å². The Bertz CT molecular complexity index is 587. The molecule has 1 N–H and O–H groups in total. The number of aromatic nitrogens is 3. The van der Waals surface area contributed by atoms with E-state index in [0.29, 0.717) is 10.7 Å². The third-order valence-corrected chi connectivity index (χ3v) is 3.67. The minimum atomic E-state index is -0.314. The van der Waals surface area contributed by atoms with Crippen LogP contribution >= 0.6 is 11.8 Å². The van der Waals surface area contributed by atoms with Crippen molar-refractivity contribution in [1.29, 1.82) is 0 Å². The molecule has 0 aliphatic carbocycles. The van der Waals surface area contributed by atoms with Gasteiger partial charge in [0, 0.05) is 18.7 Å². The number of benzene rings is 1. The Balaban J connectivity index is 1.80. The highest BCUT2D eigenvalue weighted by Crippen LogP contribution is 2.14. The molecule has 0 radical (unpaired) electrons. The van der Waals surface area contributed by atoms with Gasteiger partial charge < -0.3 is 9.88 Å². The summed E-state index contributed by atoms with van der Waals surface area (Å²) < 4.78 is 15.2. The van der Waals surface area contributed by atoms with Gasteiger partial charge in [-0.15, -0.1) is 10.2 Å². The average molecular weight is 294 g/mol. The molecule has 0 saturated carbocycles. The van der Waals surface area contributed by atoms with Gasteiger partial charge in [-0.05, 0) is 13.0 Å². The summed E-state index contributed by atoms with van der Waals surface area (Å²) >= 11 is 1.31. The predicted molar refractivity (Wildman–Crippen MR) is 74.7 cm³/mol. The van der Waals surface area contributed by atoms with Gasteiger partial charge in [-0.1, -0.05) is 30.0 Å². The van der Waals surface area contributed by atoms with E-state index < -0.39 is 0 Å². The number of rotatable bonds is 6. The van der Waals surface area contributed by atoms with Gasteiger partial charge in [-0.3, -0.25) is 4.79 Å². The number of carbonyl (C=O) groups is 1. The maximum atomic E-state index is 13.4. The second-order valence-electron chi connectivity index (χ2n) is 4.06. The molecule has 1 aromatic heterocycles. The Morgan fingerprint density at radius 1 is 1.45 bits per heavy atom. The molecule has 0 bridgehead atoms. The van der Waals surface area contributed by atoms with Gasteiger partial charge in [0.05, 0.1) is 5.75 Å². The lowest BCUT2D eigenvalue weighted by molar-refractivity contribution is -0.118. The number of nitrogens with zero attached hydrogens (tertiary/aromatic N) is 3. The van der Waals surface area contributed by atoms with E-state index in [1.54, 1.807) is 24.5 Å². The third-order valence-electron chi connectivity index (χ3n) is 2.69. The van der Waals surface area contributed by atoms with Crippen molar-refractivity contribution in [3.63, 3.8) is 0 Å². The largest absolute Gasteiger partial charge is 0.351 e. The first-order chi connectivity index (χ1) is 9.70. The van der Waals surface area contributed by atoms with E-state index in [2.05, 4.69) is 15.5 Å². The van der Waals surface area contributed by atoms with Gasteiger partial charge in [0.15, 0.2) is 5.16 Å². The molecule has 1 amide bonds. The van der Waals surface area contributed by atoms with Crippen LogP contribution in [0.15, 0.2) is 35.7 Å². The molecule has 2 rings (SSSR count). The van der Waals surface area contributed by atoms with E-state index in [4.69, 9.17) is 0 Å². The van der Waals surface area contributed by atoms with Gasteiger partial charge in [-0.25, -0.2) is 4.39 Å². The molecular weight excluding hydrogens is 279 g/mol. The zero-order chi connectivity index (χ0) is 14.4. The Kier molecular flexibility index (Phi) is 5.11. The van der Waals surface area contributed by atoms with Crippen molar-refractivity contribution < 1.29 is 9.18 Å². The van der Waals surface area contributed by atoms with Crippen molar-refractivity contribution >= 4 is 17.7 Å². The fraction of sp³-hybridized carbons (Fsp3) is 0.308. The number of amides is 1. The van der Waals surface area contributed by atoms with Gasteiger partial charge in [0.25, 0.3) is 0 Å². The molecular formula is C13H15FN4OS. The fourth-order valence-electron chi connectivity index (χ4n) is 1.59. The summed E-state index contributed by atoms with van der Waals surface area (Å²) in [6, 6.07) is 6.38. The first-order valence-corrected chi connectivity index (χ1v) is 7.20. The first kappa shape index (κ1) is 14.5. The molecule has 0 aliphatic heterocycles. The van der Waals surface area contributed by atoms with Crippen LogP contribution in [0.2, 0.25) is 0 Å². The predicted octanol–water partition coefficient (Wildman–Crippen LogP) is 1.85. The number of carbonyl (C=O) groups excluding carboxylic acids is 1. The van der Waals surface area contributed by atoms with E-state index >= 15 is 0 Å². The van der Waals surface area contributed by atoms with Crippen molar-refractivity contribution in [3.05, 3.63) is 42.0 Å². The molecule has 1 heterocycles. The van der Waals surface area contributed by atoms with E-state index in [-0.39, 0.29) is 24.0 Å². The lowest BCUT2D eigenvalue weighted by Gasteiger charge is -2.06. The third kappa shape index (κ3) is 3.80. The van der Waals surface area contributed by atoms with Gasteiger partial charge in [0.2, 0.25) is 5.91 Å². The average Bonchev–Trinajstić information content (AvgIpc) is 2.91. The van der Waals surface area contributed by atoms with E-state index in [0.717, 1.165) is 6.54 Å². The number of aryl methyl sites for hydroxylation is 1. The molecule has 0 aliphatic rings. The summed E-state index contributed by atoms with van der Waals surface area (Å²) in [6.45, 7) is 2.92. The monoisotopic (exact) mass is 294 g/mol. The van der Waals surface area contributed by atoms with Crippen molar-refractivity contribution in [2.24, 2.45) is 0 Å². The van der Waals surface area contributed by atoms with Crippen LogP contribution in [0, 0.1) is 5.82 Å². The van der Waals surface area contributed by atoms with Crippen molar-refractivity contribution in [2.75, 3.05) is 5.75 Å². The van der Waals surface area contributed by atoms with Crippen LogP contribution in [0.25, 0.3) is 0 Å². The normalized spacial score (nSPS) is 10.5. The van der Waals surface area contributed by atoms with Crippen LogP contribution in [0.5, 0.6) is 0 Å². The fourth-order valence-corrected chi connectivity index (χ4v) is 2.40. The molecule has 0 saturated heterocycles. The molecule has 1 aromatic carbocycles. The van der Waals surface area contributed by atoms with Gasteiger partial charge >= 0.3 is 0 Å². The summed E-state index contributed by atoms with van der Waals surface area (Å²) in [7, 11) is 0. The van der Waals surface area contributed by atoms with Crippen LogP contribution < -0.4 is 5.32 Å². The van der Waals surface area contributed by atoms with Gasteiger partial charge in [-0.2, -0.15) is 0 Å². The summed E-state index contributed by atoms with van der Waals surface area (Å²) in [5.41, 5.74) is 0.475. The zero-order valence-electron chi connectivity index (χ0n) is 11.0. The molecule has 106 valence electrons. The number of hydrogen-bond acceptors (Lipinski definition) is 4. The topological polar surface area (TPSA) is 59.8 Å². The van der Waals surface area contributed by atoms with Crippen LogP contribution in [-0.4, -0.2) is 26.4 Å². The number of hydrogen-bond donors (Lipinski definition) is 1. The SMILES string of the molecule is CCn1cnnc1SCC(=O)NCc1ccccc1F. The standard InChI is InChI=1S/C13H15FN4OS/c1-2-18-9-16-17-13(18)20-8-12(19)15-7-10-5-3-4-6-11(10)14/h3-6,9H,2,7-8H2,1H3,(H,15,19). The lowest BCUT2D eigenvalue weighted by atomic mass is 10.2. The molecule has 5 nitrogen and oxygen atoms in total. The summed E-state index contributed by atoms with van der Waals surface area (Å²) in [6.07, 6.45) is 1.62. The Hall–Kier alpha value is -1.89. The van der Waals surface area contributed by atoms with Crippen molar-refractivity contribution in [2.45, 2.75) is 25.2 Å². The summed E-state index contributed by atoms with van der Waals surface area (Å²) in [5.74, 6) is -0.247. The Morgan fingerprint density at radius 2 is 2.25 bits per heavy atom. The molecule has 0 fully saturated rings. The van der Waals surface area contributed by atoms with Crippen molar-refractivity contribution in [3.8, 4) is 0 Å². The van der Waals surface area contributed by atoms with Crippen LogP contribution in [0.3, 0.4) is 0 Å². The van der Waals surface area contributed by atoms with Crippen molar-refractivity contribution in [1.82, 2.24) is 20.1 Å². The molecule has 0 spiro atoms. The first-order valence-electron chi connectivity index (χ1n) is 6.21. The highest BCUT2D eigenvalue weighted by atomic mass is 32.2. The second-order valence-corrected chi connectivity index (χ2v) is 5.00. The van der Waals surface area contributed by atoms with Gasteiger partial charge in [0.1, 0.15) is 12.1 Å². The summed E-state index contributed by atoms with van der Waals surface area (Å²) in [5, 5.41) is 11.1. The molecule has 7 heteroatoms. The lowest BCUT2D eigenvalue weighted by Crippen LogP contribution is -2.25. The zero-order valence-corrected chi connectivity index (χ0v) is 11.9. The minimum Gasteiger partial charge on any atom is -0.351 e.